The topological polar surface area (TPSA) is 229 Å². The minimum absolute atomic E-state index is 0. The molecule has 0 amide bonds. The van der Waals surface area contributed by atoms with Gasteiger partial charge in [-0.3, -0.25) is 0 Å². The normalized spacial score (nSPS) is 5.56. The van der Waals surface area contributed by atoms with E-state index in [4.69, 9.17) is 40.5 Å². The molecule has 0 heterocycles. The third-order valence-electron chi connectivity index (χ3n) is 0. The van der Waals surface area contributed by atoms with Crippen LogP contribution in [-0.4, -0.2) is 48.9 Å². The Morgan fingerprint density at radius 3 is 0.444 bits per heavy atom. The maximum atomic E-state index is 8.62. The van der Waals surface area contributed by atoms with Gasteiger partial charge in [0.25, 0.3) is 0 Å². The van der Waals surface area contributed by atoms with Crippen molar-refractivity contribution in [3.05, 3.63) is 0 Å². The van der Waals surface area contributed by atoms with Gasteiger partial charge in [-0.1, -0.05) is 0 Å². The molecule has 0 fully saturated rings. The molecule has 0 aliphatic rings. The summed E-state index contributed by atoms with van der Waals surface area (Å²) in [5.74, 6) is 0. The number of hydrogen-bond acceptors (Lipinski definition) is 12. The molecule has 1 radical (unpaired) electrons. The summed E-state index contributed by atoms with van der Waals surface area (Å²) in [6.07, 6.45) is 0. The molecule has 0 aromatic carbocycles. The van der Waals surface area contributed by atoms with Gasteiger partial charge in [0.05, 0.1) is 0 Å². The SMILES string of the molecule is [Ba+2].[Cu+2].[O]=[Ta](=[O])[O-].[O]=[Ta](=[O])[O-].[O]=[Ta](=[O])[O-].[O]=[Ta](=[O])[O-]. The van der Waals surface area contributed by atoms with Gasteiger partial charge in [0, 0.05) is 0 Å². The zero-order valence-corrected chi connectivity index (χ0v) is 25.9. The molecule has 0 aromatic heterocycles. The van der Waals surface area contributed by atoms with Gasteiger partial charge < -0.3 is 0 Å². The van der Waals surface area contributed by atoms with Crippen LogP contribution in [0.15, 0.2) is 0 Å². The molecule has 0 atom stereocenters. The van der Waals surface area contributed by atoms with Crippen molar-refractivity contribution in [2.45, 2.75) is 0 Å². The predicted octanol–water partition coefficient (Wildman–Crippen LogP) is -6.10. The van der Waals surface area contributed by atoms with Crippen LogP contribution in [0.3, 0.4) is 0 Å². The van der Waals surface area contributed by atoms with E-state index in [-0.39, 0.29) is 65.9 Å². The Morgan fingerprint density at radius 2 is 0.444 bits per heavy atom. The first kappa shape index (κ1) is 37.5. The first-order valence-electron chi connectivity index (χ1n) is 2.19. The molecule has 18 heteroatoms. The number of hydrogen-bond donors (Lipinski definition) is 0. The van der Waals surface area contributed by atoms with E-state index in [1.165, 1.54) is 0 Å². The van der Waals surface area contributed by atoms with Crippen molar-refractivity contribution >= 4 is 48.9 Å². The molecule has 0 aromatic rings. The van der Waals surface area contributed by atoms with Gasteiger partial charge >= 0.3 is 182 Å². The van der Waals surface area contributed by atoms with Crippen molar-refractivity contribution in [1.82, 2.24) is 0 Å². The molecular weight excluding hydrogens is 1120 g/mol. The van der Waals surface area contributed by atoms with Crippen LogP contribution < -0.4 is 14.5 Å². The molecule has 0 bridgehead atoms. The summed E-state index contributed by atoms with van der Waals surface area (Å²) in [6, 6.07) is 0. The van der Waals surface area contributed by atoms with Crippen LogP contribution in [0.5, 0.6) is 0 Å². The van der Waals surface area contributed by atoms with Crippen molar-refractivity contribution in [2.24, 2.45) is 0 Å². The quantitative estimate of drug-likeness (QED) is 0.207. The van der Waals surface area contributed by atoms with Crippen molar-refractivity contribution in [3.8, 4) is 0 Å². The van der Waals surface area contributed by atoms with Crippen molar-refractivity contribution in [2.75, 3.05) is 0 Å². The van der Waals surface area contributed by atoms with Gasteiger partial charge in [-0.15, -0.1) is 0 Å². The van der Waals surface area contributed by atoms with Crippen LogP contribution in [-0.2, 0) is 118 Å². The Balaban J connectivity index is -0.0000000257. The van der Waals surface area contributed by atoms with Crippen LogP contribution >= 0.6 is 0 Å². The molecule has 0 spiro atoms. The van der Waals surface area contributed by atoms with E-state index < -0.39 is 75.1 Å². The molecule has 0 rings (SSSR count). The van der Waals surface area contributed by atoms with Crippen LogP contribution in [0.4, 0.5) is 0 Å². The second-order valence-corrected chi connectivity index (χ2v) is 7.32. The molecule has 0 saturated carbocycles. The van der Waals surface area contributed by atoms with E-state index >= 15 is 0 Å². The Bertz CT molecular complexity index is 298. The zero-order valence-electron chi connectivity index (χ0n) is 7.70. The van der Waals surface area contributed by atoms with Gasteiger partial charge in [-0.2, -0.15) is 0 Å². The standard InChI is InChI=1S/Ba.Cu.12O.4Ta/q2*+2;;;;;;;;;4*-1;;;;. The average Bonchev–Trinajstić information content (AvgIpc) is 1.76. The van der Waals surface area contributed by atoms with Gasteiger partial charge in [0.2, 0.25) is 0 Å². The Kier molecular flexibility index (Phi) is 67.3. The molecule has 0 unspecified atom stereocenters. The van der Waals surface area contributed by atoms with Crippen LogP contribution in [0, 0.1) is 0 Å². The van der Waals surface area contributed by atoms with Crippen LogP contribution in [0.2, 0.25) is 0 Å². The van der Waals surface area contributed by atoms with Crippen molar-refractivity contribution < 1.29 is 133 Å². The van der Waals surface area contributed by atoms with E-state index in [1.54, 1.807) is 0 Å². The third-order valence-corrected chi connectivity index (χ3v) is 0. The monoisotopic (exact) mass is 1120 g/mol. The molecule has 0 aliphatic carbocycles. The van der Waals surface area contributed by atoms with Gasteiger partial charge in [0.15, 0.2) is 0 Å². The minimum atomic E-state index is -4.34. The Morgan fingerprint density at radius 1 is 0.444 bits per heavy atom. The summed E-state index contributed by atoms with van der Waals surface area (Å²) in [6.45, 7) is 0. The summed E-state index contributed by atoms with van der Waals surface area (Å²) in [5.41, 5.74) is 0. The summed E-state index contributed by atoms with van der Waals surface area (Å²) in [7, 11) is 0. The Labute approximate surface area is 177 Å². The average molecular weight is 1120 g/mol. The summed E-state index contributed by atoms with van der Waals surface area (Å²) >= 11 is -17.4. The van der Waals surface area contributed by atoms with Crippen LogP contribution in [0.1, 0.15) is 0 Å². The van der Waals surface area contributed by atoms with E-state index in [1.807, 2.05) is 0 Å². The molecule has 0 N–H and O–H groups in total. The van der Waals surface area contributed by atoms with Crippen molar-refractivity contribution in [1.29, 1.82) is 0 Å². The zero-order chi connectivity index (χ0) is 14.3. The number of rotatable bonds is 0. The first-order valence-corrected chi connectivity index (χ1v) is 17.9. The van der Waals surface area contributed by atoms with Crippen molar-refractivity contribution in [3.63, 3.8) is 0 Å². The fraction of sp³-hybridized carbons (Fsp3) is 0. The molecule has 0 aliphatic heterocycles. The molecule has 105 valence electrons. The second kappa shape index (κ2) is 32.3. The van der Waals surface area contributed by atoms with Crippen LogP contribution in [0.25, 0.3) is 0 Å². The van der Waals surface area contributed by atoms with E-state index in [0.717, 1.165) is 0 Å². The van der Waals surface area contributed by atoms with E-state index in [2.05, 4.69) is 0 Å². The maximum absolute atomic E-state index is 8.62. The summed E-state index contributed by atoms with van der Waals surface area (Å²) in [4.78, 5) is 0. The van der Waals surface area contributed by atoms with E-state index in [0.29, 0.717) is 0 Å². The summed E-state index contributed by atoms with van der Waals surface area (Å²) in [5, 5.41) is 0. The third kappa shape index (κ3) is 596. The van der Waals surface area contributed by atoms with Gasteiger partial charge in [0.1, 0.15) is 0 Å². The second-order valence-electron chi connectivity index (χ2n) is 0.894. The fourth-order valence-corrected chi connectivity index (χ4v) is 0. The molecule has 0 saturated heterocycles. The fourth-order valence-electron chi connectivity index (χ4n) is 0. The first-order chi connectivity index (χ1) is 6.93. The predicted molar refractivity (Wildman–Crippen MR) is 11.2 cm³/mol. The molecule has 12 nitrogen and oxygen atoms in total. The van der Waals surface area contributed by atoms with Gasteiger partial charge in [-0.25, -0.2) is 0 Å². The Hall–Kier alpha value is 3.29. The van der Waals surface area contributed by atoms with E-state index in [9.17, 15) is 0 Å². The molecule has 18 heavy (non-hydrogen) atoms. The van der Waals surface area contributed by atoms with Gasteiger partial charge in [-0.05, 0) is 0 Å². The molecular formula is BaCuO12Ta4. The summed E-state index contributed by atoms with van der Waals surface area (Å²) < 4.78 is 103.